The van der Waals surface area contributed by atoms with Crippen molar-refractivity contribution in [3.05, 3.63) is 70.3 Å². The van der Waals surface area contributed by atoms with Gasteiger partial charge in [0.15, 0.2) is 11.3 Å². The van der Waals surface area contributed by atoms with E-state index in [4.69, 9.17) is 24.4 Å². The van der Waals surface area contributed by atoms with E-state index < -0.39 is 0 Å². The Morgan fingerprint density at radius 1 is 0.919 bits per heavy atom. The van der Waals surface area contributed by atoms with Gasteiger partial charge in [-0.3, -0.25) is 13.9 Å². The first-order valence-corrected chi connectivity index (χ1v) is 12.6. The van der Waals surface area contributed by atoms with Crippen molar-refractivity contribution >= 4 is 39.2 Å². The zero-order chi connectivity index (χ0) is 25.9. The molecule has 0 N–H and O–H groups in total. The monoisotopic (exact) mass is 499 g/mol. The number of rotatable bonds is 9. The molecule has 0 amide bonds. The Labute approximate surface area is 213 Å². The first-order chi connectivity index (χ1) is 18.0. The van der Waals surface area contributed by atoms with E-state index in [9.17, 15) is 9.59 Å². The van der Waals surface area contributed by atoms with Crippen LogP contribution in [0.25, 0.3) is 38.9 Å². The van der Waals surface area contributed by atoms with Crippen molar-refractivity contribution in [2.75, 3.05) is 19.8 Å². The molecule has 0 aliphatic heterocycles. The zero-order valence-corrected chi connectivity index (χ0v) is 21.2. The van der Waals surface area contributed by atoms with E-state index in [1.807, 2.05) is 61.7 Å². The van der Waals surface area contributed by atoms with Gasteiger partial charge in [0.25, 0.3) is 5.56 Å². The van der Waals surface area contributed by atoms with Gasteiger partial charge in [0.1, 0.15) is 16.7 Å². The zero-order valence-electron chi connectivity index (χ0n) is 21.2. The summed E-state index contributed by atoms with van der Waals surface area (Å²) in [7, 11) is 0. The van der Waals surface area contributed by atoms with Crippen molar-refractivity contribution in [3.8, 4) is 5.69 Å². The molecule has 0 radical (unpaired) electrons. The molecule has 0 spiro atoms. The van der Waals surface area contributed by atoms with Gasteiger partial charge < -0.3 is 9.47 Å². The summed E-state index contributed by atoms with van der Waals surface area (Å²) >= 11 is 0. The third-order valence-electron chi connectivity index (χ3n) is 6.23. The second-order valence-corrected chi connectivity index (χ2v) is 8.77. The first-order valence-electron chi connectivity index (χ1n) is 12.6. The molecule has 3 aromatic heterocycles. The van der Waals surface area contributed by atoms with Gasteiger partial charge in [-0.15, -0.1) is 0 Å². The van der Waals surface area contributed by atoms with Gasteiger partial charge in [0.2, 0.25) is 0 Å². The van der Waals surface area contributed by atoms with Crippen LogP contribution in [0, 0.1) is 6.92 Å². The van der Waals surface area contributed by atoms with E-state index in [1.165, 1.54) is 0 Å². The summed E-state index contributed by atoms with van der Waals surface area (Å²) in [4.78, 5) is 40.7. The van der Waals surface area contributed by atoms with Gasteiger partial charge >= 0.3 is 5.97 Å². The molecule has 37 heavy (non-hydrogen) atoms. The second kappa shape index (κ2) is 10.5. The quantitative estimate of drug-likeness (QED) is 0.216. The summed E-state index contributed by atoms with van der Waals surface area (Å²) in [6, 6.07) is 14.6. The molecule has 0 atom stereocenters. The van der Waals surface area contributed by atoms with E-state index in [2.05, 4.69) is 0 Å². The Kier molecular flexibility index (Phi) is 6.96. The van der Waals surface area contributed by atoms with Gasteiger partial charge in [0, 0.05) is 25.4 Å². The van der Waals surface area contributed by atoms with Crippen LogP contribution in [0.5, 0.6) is 0 Å². The standard InChI is InChI=1S/C28H29N5O4/c1-4-16-37-28(35)19-11-13-20(14-12-19)33-25-23(24-26(33)31-22-10-7-6-9-21(22)30-24)27(34)32(18(3)29-25)15-8-17-36-5-2/h6-7,9-14H,4-5,8,15-17H2,1-3H3. The highest BCUT2D eigenvalue weighted by Crippen LogP contribution is 2.29. The van der Waals surface area contributed by atoms with Gasteiger partial charge in [0.05, 0.1) is 23.2 Å². The van der Waals surface area contributed by atoms with Gasteiger partial charge in [-0.25, -0.2) is 19.7 Å². The molecule has 0 unspecified atom stereocenters. The molecule has 190 valence electrons. The van der Waals surface area contributed by atoms with Crippen LogP contribution in [-0.2, 0) is 16.0 Å². The number of nitrogens with zero attached hydrogens (tertiary/aromatic N) is 5. The highest BCUT2D eigenvalue weighted by Gasteiger charge is 2.22. The Hall–Kier alpha value is -4.11. The minimum absolute atomic E-state index is 0.160. The largest absolute Gasteiger partial charge is 0.462 e. The molecule has 0 saturated heterocycles. The van der Waals surface area contributed by atoms with Crippen molar-refractivity contribution in [1.82, 2.24) is 24.1 Å². The minimum atomic E-state index is -0.370. The lowest BCUT2D eigenvalue weighted by atomic mass is 10.2. The highest BCUT2D eigenvalue weighted by atomic mass is 16.5. The van der Waals surface area contributed by atoms with E-state index in [0.29, 0.717) is 77.4 Å². The molecule has 0 bridgehead atoms. The highest BCUT2D eigenvalue weighted by molar-refractivity contribution is 6.06. The summed E-state index contributed by atoms with van der Waals surface area (Å²) in [5.74, 6) is 0.229. The molecule has 3 heterocycles. The van der Waals surface area contributed by atoms with Crippen LogP contribution < -0.4 is 5.56 Å². The lowest BCUT2D eigenvalue weighted by Gasteiger charge is -2.11. The van der Waals surface area contributed by atoms with Crippen LogP contribution in [0.15, 0.2) is 53.3 Å². The second-order valence-electron chi connectivity index (χ2n) is 8.77. The number of ether oxygens (including phenoxy) is 2. The number of hydrogen-bond acceptors (Lipinski definition) is 7. The third kappa shape index (κ3) is 4.58. The fourth-order valence-electron chi connectivity index (χ4n) is 4.43. The number of benzene rings is 2. The molecule has 5 rings (SSSR count). The van der Waals surface area contributed by atoms with Crippen molar-refractivity contribution < 1.29 is 14.3 Å². The average molecular weight is 500 g/mol. The topological polar surface area (TPSA) is 101 Å². The molecule has 0 aliphatic carbocycles. The van der Waals surface area contributed by atoms with Gasteiger partial charge in [-0.05, 0) is 63.1 Å². The number of fused-ring (bicyclic) bond motifs is 4. The van der Waals surface area contributed by atoms with Crippen LogP contribution in [0.4, 0.5) is 0 Å². The van der Waals surface area contributed by atoms with Crippen LogP contribution in [-0.4, -0.2) is 49.9 Å². The van der Waals surface area contributed by atoms with Gasteiger partial charge in [-0.1, -0.05) is 19.1 Å². The molecule has 0 aliphatic rings. The van der Waals surface area contributed by atoms with Crippen molar-refractivity contribution in [1.29, 1.82) is 0 Å². The van der Waals surface area contributed by atoms with Crippen LogP contribution in [0.1, 0.15) is 42.9 Å². The smallest absolute Gasteiger partial charge is 0.338 e. The van der Waals surface area contributed by atoms with E-state index in [-0.39, 0.29) is 11.5 Å². The number of esters is 1. The molecule has 0 fully saturated rings. The predicted molar refractivity (Wildman–Crippen MR) is 142 cm³/mol. The van der Waals surface area contributed by atoms with Crippen LogP contribution in [0.3, 0.4) is 0 Å². The normalized spacial score (nSPS) is 11.5. The van der Waals surface area contributed by atoms with Crippen LogP contribution >= 0.6 is 0 Å². The molecule has 9 heteroatoms. The number of hydrogen-bond donors (Lipinski definition) is 0. The molecule has 2 aromatic carbocycles. The molecular formula is C28H29N5O4. The number of aromatic nitrogens is 5. The Balaban J connectivity index is 1.71. The summed E-state index contributed by atoms with van der Waals surface area (Å²) in [6.45, 7) is 7.80. The lowest BCUT2D eigenvalue weighted by molar-refractivity contribution is 0.0505. The maximum Gasteiger partial charge on any atom is 0.338 e. The van der Waals surface area contributed by atoms with Crippen molar-refractivity contribution in [3.63, 3.8) is 0 Å². The predicted octanol–water partition coefficient (Wildman–Crippen LogP) is 4.59. The Morgan fingerprint density at radius 2 is 1.65 bits per heavy atom. The summed E-state index contributed by atoms with van der Waals surface area (Å²) in [5, 5.41) is 0.418. The summed E-state index contributed by atoms with van der Waals surface area (Å²) in [6.07, 6.45) is 1.45. The number of aryl methyl sites for hydroxylation is 1. The maximum absolute atomic E-state index is 13.8. The number of para-hydroxylation sites is 2. The molecule has 5 aromatic rings. The summed E-state index contributed by atoms with van der Waals surface area (Å²) in [5.41, 5.74) is 3.94. The van der Waals surface area contributed by atoms with E-state index in [0.717, 1.165) is 12.1 Å². The number of carbonyl (C=O) groups is 1. The SMILES string of the molecule is CCCOC(=O)c1ccc(-n2c3nc4ccccc4nc3c3c(=O)n(CCCOCC)c(C)nc32)cc1. The third-order valence-corrected chi connectivity index (χ3v) is 6.23. The van der Waals surface area contributed by atoms with Crippen LogP contribution in [0.2, 0.25) is 0 Å². The Bertz CT molecular complexity index is 1650. The van der Waals surface area contributed by atoms with Gasteiger partial charge in [-0.2, -0.15) is 0 Å². The van der Waals surface area contributed by atoms with E-state index in [1.54, 1.807) is 16.7 Å². The summed E-state index contributed by atoms with van der Waals surface area (Å²) < 4.78 is 14.2. The molecular weight excluding hydrogens is 470 g/mol. The average Bonchev–Trinajstić information content (AvgIpc) is 3.22. The first kappa shape index (κ1) is 24.6. The number of carbonyl (C=O) groups excluding carboxylic acids is 1. The maximum atomic E-state index is 13.8. The van der Waals surface area contributed by atoms with Crippen molar-refractivity contribution in [2.45, 2.75) is 40.2 Å². The fourth-order valence-corrected chi connectivity index (χ4v) is 4.43. The van der Waals surface area contributed by atoms with E-state index >= 15 is 0 Å². The molecule has 0 saturated carbocycles. The Morgan fingerprint density at radius 3 is 2.35 bits per heavy atom. The fraction of sp³-hybridized carbons (Fsp3) is 0.321. The minimum Gasteiger partial charge on any atom is -0.462 e. The molecule has 9 nitrogen and oxygen atoms in total. The van der Waals surface area contributed by atoms with Crippen molar-refractivity contribution in [2.24, 2.45) is 0 Å². The lowest BCUT2D eigenvalue weighted by Crippen LogP contribution is -2.24.